The second-order valence-corrected chi connectivity index (χ2v) is 5.87. The molecular formula is C13H20O4. The molecular weight excluding hydrogens is 220 g/mol. The van der Waals surface area contributed by atoms with Crippen molar-refractivity contribution in [3.8, 4) is 0 Å². The summed E-state index contributed by atoms with van der Waals surface area (Å²) < 4.78 is 10.6. The average Bonchev–Trinajstić information content (AvgIpc) is 2.35. The van der Waals surface area contributed by atoms with E-state index in [1.165, 1.54) is 0 Å². The Labute approximate surface area is 102 Å². The minimum absolute atomic E-state index is 0.136. The van der Waals surface area contributed by atoms with Crippen molar-refractivity contribution in [1.29, 1.82) is 0 Å². The van der Waals surface area contributed by atoms with Gasteiger partial charge in [0.2, 0.25) is 0 Å². The molecule has 4 nitrogen and oxygen atoms in total. The molecule has 4 heteroatoms. The zero-order valence-corrected chi connectivity index (χ0v) is 10.9. The maximum Gasteiger partial charge on any atom is 0.310 e. The molecule has 2 rings (SSSR count). The fourth-order valence-electron chi connectivity index (χ4n) is 3.22. The van der Waals surface area contributed by atoms with Crippen LogP contribution in [-0.2, 0) is 19.1 Å². The van der Waals surface area contributed by atoms with E-state index < -0.39 is 0 Å². The molecule has 0 aromatic carbocycles. The van der Waals surface area contributed by atoms with Gasteiger partial charge in [0.1, 0.15) is 5.60 Å². The van der Waals surface area contributed by atoms with Gasteiger partial charge in [-0.2, -0.15) is 0 Å². The molecule has 1 heterocycles. The van der Waals surface area contributed by atoms with E-state index in [2.05, 4.69) is 0 Å². The summed E-state index contributed by atoms with van der Waals surface area (Å²) in [7, 11) is 0. The lowest BCUT2D eigenvalue weighted by Gasteiger charge is -2.35. The first kappa shape index (κ1) is 12.4. The second-order valence-electron chi connectivity index (χ2n) is 5.87. The fourth-order valence-corrected chi connectivity index (χ4v) is 3.22. The van der Waals surface area contributed by atoms with E-state index in [0.717, 1.165) is 6.42 Å². The Bertz CT molecular complexity index is 349. The Morgan fingerprint density at radius 3 is 2.71 bits per heavy atom. The molecule has 0 spiro atoms. The van der Waals surface area contributed by atoms with Crippen LogP contribution >= 0.6 is 0 Å². The summed E-state index contributed by atoms with van der Waals surface area (Å²) in [5, 5.41) is 0. The molecule has 1 aliphatic carbocycles. The summed E-state index contributed by atoms with van der Waals surface area (Å²) in [6.07, 6.45) is 1.25. The lowest BCUT2D eigenvalue weighted by Crippen LogP contribution is -2.41. The van der Waals surface area contributed by atoms with Gasteiger partial charge in [-0.25, -0.2) is 0 Å². The SMILES string of the molecule is CC(C)OC(=O)[C@@H]1[C@H](C)C[C@@]2(C)C[C@@H]1C(=O)O2. The molecule has 1 aliphatic heterocycles. The van der Waals surface area contributed by atoms with Crippen molar-refractivity contribution in [1.82, 2.24) is 0 Å². The number of hydrogen-bond donors (Lipinski definition) is 0. The third-order valence-electron chi connectivity index (χ3n) is 3.73. The van der Waals surface area contributed by atoms with E-state index >= 15 is 0 Å². The largest absolute Gasteiger partial charge is 0.463 e. The zero-order chi connectivity index (χ0) is 12.8. The summed E-state index contributed by atoms with van der Waals surface area (Å²) in [4.78, 5) is 23.8. The van der Waals surface area contributed by atoms with Gasteiger partial charge in [-0.1, -0.05) is 6.92 Å². The van der Waals surface area contributed by atoms with E-state index in [4.69, 9.17) is 9.47 Å². The molecule has 0 aromatic heterocycles. The van der Waals surface area contributed by atoms with Crippen molar-refractivity contribution in [2.45, 2.75) is 52.2 Å². The Balaban J connectivity index is 2.17. The molecule has 2 fully saturated rings. The number of fused-ring (bicyclic) bond motifs is 2. The van der Waals surface area contributed by atoms with Gasteiger partial charge in [0, 0.05) is 6.42 Å². The highest BCUT2D eigenvalue weighted by Gasteiger charge is 2.56. The normalized spacial score (nSPS) is 40.3. The summed E-state index contributed by atoms with van der Waals surface area (Å²) in [6.45, 7) is 7.59. The number of hydrogen-bond acceptors (Lipinski definition) is 4. The van der Waals surface area contributed by atoms with E-state index in [-0.39, 0.29) is 41.4 Å². The molecule has 96 valence electrons. The predicted octanol–water partition coefficient (Wildman–Crippen LogP) is 1.92. The number of carbonyl (C=O) groups excluding carboxylic acids is 2. The Morgan fingerprint density at radius 2 is 2.12 bits per heavy atom. The molecule has 0 amide bonds. The van der Waals surface area contributed by atoms with Crippen molar-refractivity contribution in [2.75, 3.05) is 0 Å². The third kappa shape index (κ3) is 2.17. The van der Waals surface area contributed by atoms with E-state index in [0.29, 0.717) is 6.42 Å². The highest BCUT2D eigenvalue weighted by Crippen LogP contribution is 2.48. The maximum absolute atomic E-state index is 12.0. The molecule has 0 unspecified atom stereocenters. The van der Waals surface area contributed by atoms with Crippen LogP contribution in [0.4, 0.5) is 0 Å². The monoisotopic (exact) mass is 240 g/mol. The van der Waals surface area contributed by atoms with Crippen LogP contribution < -0.4 is 0 Å². The first-order chi connectivity index (χ1) is 7.82. The molecule has 2 bridgehead atoms. The molecule has 4 atom stereocenters. The summed E-state index contributed by atoms with van der Waals surface area (Å²) >= 11 is 0. The molecule has 1 saturated carbocycles. The van der Waals surface area contributed by atoms with Gasteiger partial charge < -0.3 is 9.47 Å². The van der Waals surface area contributed by atoms with Gasteiger partial charge in [-0.3, -0.25) is 9.59 Å². The van der Waals surface area contributed by atoms with Gasteiger partial charge >= 0.3 is 11.9 Å². The van der Waals surface area contributed by atoms with Crippen LogP contribution in [0.25, 0.3) is 0 Å². The number of carbonyl (C=O) groups is 2. The van der Waals surface area contributed by atoms with E-state index in [9.17, 15) is 9.59 Å². The van der Waals surface area contributed by atoms with Crippen LogP contribution in [0.3, 0.4) is 0 Å². The van der Waals surface area contributed by atoms with Crippen molar-refractivity contribution in [3.05, 3.63) is 0 Å². The second kappa shape index (κ2) is 4.00. The van der Waals surface area contributed by atoms with Crippen LogP contribution in [0.1, 0.15) is 40.5 Å². The van der Waals surface area contributed by atoms with Crippen LogP contribution in [0.15, 0.2) is 0 Å². The fraction of sp³-hybridized carbons (Fsp3) is 0.846. The quantitative estimate of drug-likeness (QED) is 0.692. The van der Waals surface area contributed by atoms with Crippen molar-refractivity contribution in [3.63, 3.8) is 0 Å². The molecule has 0 aromatic rings. The van der Waals surface area contributed by atoms with Crippen molar-refractivity contribution < 1.29 is 19.1 Å². The van der Waals surface area contributed by atoms with Crippen LogP contribution in [0.5, 0.6) is 0 Å². The lowest BCUT2D eigenvalue weighted by molar-refractivity contribution is -0.160. The number of esters is 2. The summed E-state index contributed by atoms with van der Waals surface area (Å²) in [6, 6.07) is 0. The standard InChI is InChI=1S/C13H20O4/c1-7(2)16-12(15)10-8(3)5-13(4)6-9(10)11(14)17-13/h7-10H,5-6H2,1-4H3/t8-,9+,10-,13+/m1/s1. The molecule has 17 heavy (non-hydrogen) atoms. The van der Waals surface area contributed by atoms with E-state index in [1.807, 2.05) is 27.7 Å². The Hall–Kier alpha value is -1.06. The molecule has 1 saturated heterocycles. The number of ether oxygens (including phenoxy) is 2. The van der Waals surface area contributed by atoms with Crippen molar-refractivity contribution in [2.24, 2.45) is 17.8 Å². The first-order valence-corrected chi connectivity index (χ1v) is 6.26. The Morgan fingerprint density at radius 1 is 1.47 bits per heavy atom. The number of rotatable bonds is 2. The lowest BCUT2D eigenvalue weighted by atomic mass is 9.69. The van der Waals surface area contributed by atoms with Crippen molar-refractivity contribution >= 4 is 11.9 Å². The highest BCUT2D eigenvalue weighted by atomic mass is 16.6. The molecule has 0 radical (unpaired) electrons. The third-order valence-corrected chi connectivity index (χ3v) is 3.73. The van der Waals surface area contributed by atoms with Gasteiger partial charge in [-0.15, -0.1) is 0 Å². The minimum atomic E-state index is -0.365. The summed E-state index contributed by atoms with van der Waals surface area (Å²) in [5.41, 5.74) is -0.365. The van der Waals surface area contributed by atoms with Crippen LogP contribution in [-0.4, -0.2) is 23.6 Å². The van der Waals surface area contributed by atoms with Gasteiger partial charge in [-0.05, 0) is 33.1 Å². The van der Waals surface area contributed by atoms with Gasteiger partial charge in [0.25, 0.3) is 0 Å². The Kier molecular flexibility index (Phi) is 2.92. The average molecular weight is 240 g/mol. The van der Waals surface area contributed by atoms with Crippen LogP contribution in [0, 0.1) is 17.8 Å². The maximum atomic E-state index is 12.0. The topological polar surface area (TPSA) is 52.6 Å². The van der Waals surface area contributed by atoms with Crippen LogP contribution in [0.2, 0.25) is 0 Å². The molecule has 2 aliphatic rings. The highest BCUT2D eigenvalue weighted by molar-refractivity contribution is 5.84. The van der Waals surface area contributed by atoms with E-state index in [1.54, 1.807) is 0 Å². The zero-order valence-electron chi connectivity index (χ0n) is 10.9. The van der Waals surface area contributed by atoms with Gasteiger partial charge in [0.05, 0.1) is 17.9 Å². The first-order valence-electron chi connectivity index (χ1n) is 6.26. The predicted molar refractivity (Wildman–Crippen MR) is 61.1 cm³/mol. The summed E-state index contributed by atoms with van der Waals surface area (Å²) in [5.74, 6) is -0.993. The minimum Gasteiger partial charge on any atom is -0.463 e. The van der Waals surface area contributed by atoms with Gasteiger partial charge in [0.15, 0.2) is 0 Å². The molecule has 0 N–H and O–H groups in total. The smallest absolute Gasteiger partial charge is 0.310 e.